The third-order valence-electron chi connectivity index (χ3n) is 5.04. The molecule has 0 saturated carbocycles. The van der Waals surface area contributed by atoms with Crippen molar-refractivity contribution in [2.45, 2.75) is 32.7 Å². The lowest BCUT2D eigenvalue weighted by atomic mass is 9.97. The molecule has 0 saturated heterocycles. The molecule has 1 unspecified atom stereocenters. The molecule has 8 heteroatoms. The Kier molecular flexibility index (Phi) is 7.15. The number of nitrogens with one attached hydrogen (secondary N) is 1. The molecule has 0 bridgehead atoms. The fraction of sp³-hybridized carbons (Fsp3) is 0.364. The quantitative estimate of drug-likeness (QED) is 0.648. The van der Waals surface area contributed by atoms with Crippen LogP contribution in [0.4, 0.5) is 16.0 Å². The maximum absolute atomic E-state index is 14.0. The van der Waals surface area contributed by atoms with Gasteiger partial charge in [0.1, 0.15) is 0 Å². The number of rotatable bonds is 8. The van der Waals surface area contributed by atoms with E-state index in [4.69, 9.17) is 21.1 Å². The Balaban J connectivity index is 1.91. The first-order valence-corrected chi connectivity index (χ1v) is 10.2. The number of hydrogen-bond donors (Lipinski definition) is 1. The Morgan fingerprint density at radius 1 is 1.30 bits per heavy atom. The van der Waals surface area contributed by atoms with Crippen molar-refractivity contribution in [1.82, 2.24) is 9.55 Å². The van der Waals surface area contributed by atoms with Crippen molar-refractivity contribution in [2.75, 3.05) is 19.5 Å². The average molecular weight is 434 g/mol. The molecule has 0 aliphatic heterocycles. The molecule has 0 spiro atoms. The molecule has 30 heavy (non-hydrogen) atoms. The highest BCUT2D eigenvalue weighted by Gasteiger charge is 2.15. The predicted molar refractivity (Wildman–Crippen MR) is 116 cm³/mol. The Bertz CT molecular complexity index is 1030. The van der Waals surface area contributed by atoms with Gasteiger partial charge in [-0.1, -0.05) is 30.7 Å². The van der Waals surface area contributed by atoms with Gasteiger partial charge in [-0.25, -0.2) is 0 Å². The van der Waals surface area contributed by atoms with Crippen LogP contribution in [-0.4, -0.2) is 23.8 Å². The summed E-state index contributed by atoms with van der Waals surface area (Å²) in [7, 11) is 3.13. The minimum atomic E-state index is -0.907. The van der Waals surface area contributed by atoms with Crippen LogP contribution in [0.1, 0.15) is 25.3 Å². The summed E-state index contributed by atoms with van der Waals surface area (Å²) in [4.78, 5) is 15.8. The lowest BCUT2D eigenvalue weighted by Crippen LogP contribution is -2.20. The Morgan fingerprint density at radius 2 is 2.03 bits per heavy atom. The lowest BCUT2D eigenvalue weighted by Gasteiger charge is -2.20. The summed E-state index contributed by atoms with van der Waals surface area (Å²) in [6.07, 6.45) is 9.38. The van der Waals surface area contributed by atoms with Gasteiger partial charge in [-0.15, -0.1) is 0 Å². The standard InChI is InChI=1S/C22H25ClFN3O3/c1-4-15-11-19(29-2)20(30-3)12-18(15)25-22-26-21(28)17(24)13-27(22)9-8-14-6-5-7-16(23)10-14/h5,7,10-14H,4,6,8-9H2,1-3H3,(H,25,26,28). The van der Waals surface area contributed by atoms with Crippen LogP contribution in [0.25, 0.3) is 0 Å². The minimum Gasteiger partial charge on any atom is -0.493 e. The van der Waals surface area contributed by atoms with Gasteiger partial charge in [0.25, 0.3) is 0 Å². The number of nitrogens with zero attached hydrogens (tertiary/aromatic N) is 2. The van der Waals surface area contributed by atoms with Crippen LogP contribution in [0.2, 0.25) is 0 Å². The van der Waals surface area contributed by atoms with Gasteiger partial charge in [-0.05, 0) is 42.9 Å². The summed E-state index contributed by atoms with van der Waals surface area (Å²) in [5.74, 6) is 0.774. The van der Waals surface area contributed by atoms with Gasteiger partial charge >= 0.3 is 5.56 Å². The van der Waals surface area contributed by atoms with Gasteiger partial charge in [0.2, 0.25) is 11.8 Å². The third-order valence-corrected chi connectivity index (χ3v) is 5.29. The van der Waals surface area contributed by atoms with E-state index in [1.54, 1.807) is 24.9 Å². The maximum atomic E-state index is 14.0. The number of ether oxygens (including phenoxy) is 2. The van der Waals surface area contributed by atoms with Crippen LogP contribution in [0.3, 0.4) is 0 Å². The number of anilines is 2. The van der Waals surface area contributed by atoms with Crippen LogP contribution in [0, 0.1) is 11.7 Å². The number of aryl methyl sites for hydroxylation is 2. The normalized spacial score (nSPS) is 15.6. The molecule has 160 valence electrons. The molecule has 0 radical (unpaired) electrons. The van der Waals surface area contributed by atoms with Gasteiger partial charge in [0.15, 0.2) is 11.5 Å². The van der Waals surface area contributed by atoms with Crippen molar-refractivity contribution < 1.29 is 13.9 Å². The van der Waals surface area contributed by atoms with E-state index in [1.165, 1.54) is 6.20 Å². The van der Waals surface area contributed by atoms with E-state index in [-0.39, 0.29) is 11.9 Å². The maximum Gasteiger partial charge on any atom is 0.310 e. The second-order valence-electron chi connectivity index (χ2n) is 6.99. The first-order valence-electron chi connectivity index (χ1n) is 9.77. The fourth-order valence-electron chi connectivity index (χ4n) is 3.40. The summed E-state index contributed by atoms with van der Waals surface area (Å²) in [6, 6.07) is 3.65. The average Bonchev–Trinajstić information content (AvgIpc) is 2.74. The van der Waals surface area contributed by atoms with E-state index in [9.17, 15) is 9.18 Å². The Morgan fingerprint density at radius 3 is 2.70 bits per heavy atom. The highest BCUT2D eigenvalue weighted by atomic mass is 35.5. The van der Waals surface area contributed by atoms with Crippen molar-refractivity contribution in [2.24, 2.45) is 5.92 Å². The van der Waals surface area contributed by atoms with E-state index < -0.39 is 11.4 Å². The molecule has 3 rings (SSSR count). The van der Waals surface area contributed by atoms with Crippen LogP contribution in [0.5, 0.6) is 11.5 Å². The summed E-state index contributed by atoms with van der Waals surface area (Å²) in [6.45, 7) is 2.48. The van der Waals surface area contributed by atoms with Crippen LogP contribution >= 0.6 is 11.6 Å². The van der Waals surface area contributed by atoms with Gasteiger partial charge in [-0.3, -0.25) is 4.79 Å². The predicted octanol–water partition coefficient (Wildman–Crippen LogP) is 4.79. The molecule has 1 N–H and O–H groups in total. The number of halogens is 2. The smallest absolute Gasteiger partial charge is 0.310 e. The molecule has 1 atom stereocenters. The fourth-order valence-corrected chi connectivity index (χ4v) is 3.67. The van der Waals surface area contributed by atoms with Crippen molar-refractivity contribution in [3.8, 4) is 11.5 Å². The second-order valence-corrected chi connectivity index (χ2v) is 7.43. The zero-order valence-electron chi connectivity index (χ0n) is 17.2. The van der Waals surface area contributed by atoms with Gasteiger partial charge in [-0.2, -0.15) is 9.37 Å². The first kappa shape index (κ1) is 21.9. The summed E-state index contributed by atoms with van der Waals surface area (Å²) in [5, 5.41) is 3.88. The molecule has 0 amide bonds. The van der Waals surface area contributed by atoms with Gasteiger partial charge in [0, 0.05) is 29.5 Å². The summed E-state index contributed by atoms with van der Waals surface area (Å²) >= 11 is 6.08. The Hall–Kier alpha value is -2.80. The number of aromatic nitrogens is 2. The molecular formula is C22H25ClFN3O3. The molecule has 1 aromatic carbocycles. The SMILES string of the molecule is CCc1cc(OC)c(OC)cc1Nc1nc(=O)c(F)cn1CCC1C=C(Cl)C=CC1. The largest absolute Gasteiger partial charge is 0.493 e. The van der Waals surface area contributed by atoms with E-state index in [0.717, 1.165) is 18.4 Å². The molecule has 1 aliphatic rings. The molecular weight excluding hydrogens is 409 g/mol. The van der Waals surface area contributed by atoms with Crippen molar-refractivity contribution in [1.29, 1.82) is 0 Å². The van der Waals surface area contributed by atoms with Crippen LogP contribution in [0.15, 0.2) is 46.4 Å². The van der Waals surface area contributed by atoms with E-state index in [0.29, 0.717) is 35.2 Å². The second kappa shape index (κ2) is 9.80. The number of benzene rings is 1. The molecule has 6 nitrogen and oxygen atoms in total. The van der Waals surface area contributed by atoms with Crippen molar-refractivity contribution in [3.63, 3.8) is 0 Å². The molecule has 1 aliphatic carbocycles. The van der Waals surface area contributed by atoms with Crippen LogP contribution < -0.4 is 20.3 Å². The van der Waals surface area contributed by atoms with E-state index >= 15 is 0 Å². The lowest BCUT2D eigenvalue weighted by molar-refractivity contribution is 0.355. The number of methoxy groups -OCH3 is 2. The van der Waals surface area contributed by atoms with Gasteiger partial charge in [0.05, 0.1) is 14.2 Å². The molecule has 2 aromatic rings. The first-order chi connectivity index (χ1) is 14.4. The number of hydrogen-bond acceptors (Lipinski definition) is 5. The minimum absolute atomic E-state index is 0.241. The van der Waals surface area contributed by atoms with Gasteiger partial charge < -0.3 is 19.4 Å². The molecule has 1 heterocycles. The summed E-state index contributed by atoms with van der Waals surface area (Å²) in [5.41, 5.74) is 0.756. The zero-order valence-corrected chi connectivity index (χ0v) is 18.0. The topological polar surface area (TPSA) is 65.4 Å². The monoisotopic (exact) mass is 433 g/mol. The van der Waals surface area contributed by atoms with Crippen molar-refractivity contribution >= 4 is 23.2 Å². The number of allylic oxidation sites excluding steroid dienone is 4. The zero-order chi connectivity index (χ0) is 21.7. The third kappa shape index (κ3) is 5.02. The van der Waals surface area contributed by atoms with Crippen LogP contribution in [-0.2, 0) is 13.0 Å². The highest BCUT2D eigenvalue weighted by Crippen LogP contribution is 2.34. The molecule has 1 aromatic heterocycles. The molecule has 0 fully saturated rings. The summed E-state index contributed by atoms with van der Waals surface area (Å²) < 4.78 is 26.3. The van der Waals surface area contributed by atoms with Crippen molar-refractivity contribution in [3.05, 3.63) is 63.3 Å². The van der Waals surface area contributed by atoms with E-state index in [1.807, 2.05) is 31.2 Å². The highest BCUT2D eigenvalue weighted by molar-refractivity contribution is 6.31. The van der Waals surface area contributed by atoms with E-state index in [2.05, 4.69) is 10.3 Å². The Labute approximate surface area is 180 Å².